The molecule has 1 aliphatic rings. The quantitative estimate of drug-likeness (QED) is 0.809. The molecule has 25 heavy (non-hydrogen) atoms. The fourth-order valence-corrected chi connectivity index (χ4v) is 4.18. The number of nitrogens with zero attached hydrogens (tertiary/aromatic N) is 3. The number of hydrogen-bond donors (Lipinski definition) is 2. The van der Waals surface area contributed by atoms with Crippen molar-refractivity contribution in [3.05, 3.63) is 30.1 Å². The number of piperidine rings is 1. The van der Waals surface area contributed by atoms with Gasteiger partial charge in [0.1, 0.15) is 11.6 Å². The van der Waals surface area contributed by atoms with E-state index in [2.05, 4.69) is 26.8 Å². The highest BCUT2D eigenvalue weighted by Crippen LogP contribution is 2.20. The third kappa shape index (κ3) is 4.36. The molecule has 1 aromatic heterocycles. The van der Waals surface area contributed by atoms with Crippen molar-refractivity contribution < 1.29 is 13.2 Å². The molecular formula is C16H23N5O3S. The number of aromatic nitrogens is 3. The molecule has 0 spiro atoms. The van der Waals surface area contributed by atoms with Gasteiger partial charge in [-0.3, -0.25) is 5.10 Å². The molecule has 2 heterocycles. The molecule has 0 radical (unpaired) electrons. The summed E-state index contributed by atoms with van der Waals surface area (Å²) in [6.45, 7) is 3.27. The first-order valence-electron chi connectivity index (χ1n) is 8.28. The van der Waals surface area contributed by atoms with E-state index < -0.39 is 10.2 Å². The second kappa shape index (κ2) is 7.51. The van der Waals surface area contributed by atoms with Crippen LogP contribution in [0.2, 0.25) is 0 Å². The van der Waals surface area contributed by atoms with Gasteiger partial charge in [0.15, 0.2) is 5.82 Å². The van der Waals surface area contributed by atoms with E-state index in [0.29, 0.717) is 30.7 Å². The van der Waals surface area contributed by atoms with E-state index >= 15 is 0 Å². The minimum atomic E-state index is -3.50. The van der Waals surface area contributed by atoms with E-state index in [1.54, 1.807) is 7.11 Å². The Hall–Kier alpha value is -1.97. The normalized spacial score (nSPS) is 19.0. The Kier molecular flexibility index (Phi) is 5.36. The van der Waals surface area contributed by atoms with Crippen LogP contribution in [0.3, 0.4) is 0 Å². The molecule has 2 aromatic rings. The number of H-pyrrole nitrogens is 1. The van der Waals surface area contributed by atoms with Gasteiger partial charge in [-0.05, 0) is 43.0 Å². The Morgan fingerprint density at radius 2 is 2.12 bits per heavy atom. The van der Waals surface area contributed by atoms with Crippen molar-refractivity contribution in [1.82, 2.24) is 24.2 Å². The number of methoxy groups -OCH3 is 1. The predicted octanol–water partition coefficient (Wildman–Crippen LogP) is 1.55. The standard InChI is InChI=1S/C16H23N5O3S/c1-12-4-3-9-21(11-12)25(22,23)17-10-15-18-16(20-19-15)13-5-7-14(24-2)8-6-13/h5-8,12,17H,3-4,9-11H2,1-2H3,(H,18,19,20)/t12-/m1/s1. The minimum absolute atomic E-state index is 0.0797. The van der Waals surface area contributed by atoms with E-state index in [0.717, 1.165) is 24.2 Å². The molecule has 0 bridgehead atoms. The monoisotopic (exact) mass is 365 g/mol. The van der Waals surface area contributed by atoms with Crippen LogP contribution < -0.4 is 9.46 Å². The van der Waals surface area contributed by atoms with Crippen molar-refractivity contribution in [2.24, 2.45) is 5.92 Å². The predicted molar refractivity (Wildman–Crippen MR) is 94.1 cm³/mol. The van der Waals surface area contributed by atoms with Crippen LogP contribution in [0.5, 0.6) is 5.75 Å². The summed E-state index contributed by atoms with van der Waals surface area (Å²) in [6.07, 6.45) is 1.96. The van der Waals surface area contributed by atoms with E-state index in [-0.39, 0.29) is 6.54 Å². The lowest BCUT2D eigenvalue weighted by Gasteiger charge is -2.29. The Labute approximate surface area is 147 Å². The molecule has 0 amide bonds. The first-order chi connectivity index (χ1) is 12.0. The van der Waals surface area contributed by atoms with Gasteiger partial charge in [0.2, 0.25) is 0 Å². The summed E-state index contributed by atoms with van der Waals surface area (Å²) in [4.78, 5) is 4.35. The molecule has 2 N–H and O–H groups in total. The lowest BCUT2D eigenvalue weighted by molar-refractivity contribution is 0.278. The van der Waals surface area contributed by atoms with Gasteiger partial charge >= 0.3 is 0 Å². The van der Waals surface area contributed by atoms with Gasteiger partial charge < -0.3 is 4.74 Å². The molecule has 1 atom stereocenters. The first kappa shape index (κ1) is 17.8. The van der Waals surface area contributed by atoms with Crippen molar-refractivity contribution >= 4 is 10.2 Å². The molecule has 1 aromatic carbocycles. The van der Waals surface area contributed by atoms with Crippen molar-refractivity contribution in [2.75, 3.05) is 20.2 Å². The van der Waals surface area contributed by atoms with Crippen LogP contribution in [0.4, 0.5) is 0 Å². The van der Waals surface area contributed by atoms with Crippen LogP contribution in [-0.4, -0.2) is 48.1 Å². The number of benzene rings is 1. The van der Waals surface area contributed by atoms with Crippen LogP contribution in [0.25, 0.3) is 11.4 Å². The maximum Gasteiger partial charge on any atom is 0.279 e. The highest BCUT2D eigenvalue weighted by molar-refractivity contribution is 7.87. The van der Waals surface area contributed by atoms with Gasteiger partial charge in [-0.1, -0.05) is 6.92 Å². The molecule has 0 unspecified atom stereocenters. The number of ether oxygens (including phenoxy) is 1. The Morgan fingerprint density at radius 3 is 2.80 bits per heavy atom. The van der Waals surface area contributed by atoms with Crippen molar-refractivity contribution in [2.45, 2.75) is 26.3 Å². The van der Waals surface area contributed by atoms with Crippen LogP contribution in [-0.2, 0) is 16.8 Å². The number of rotatable bonds is 6. The van der Waals surface area contributed by atoms with E-state index in [9.17, 15) is 8.42 Å². The minimum Gasteiger partial charge on any atom is -0.497 e. The fourth-order valence-electron chi connectivity index (χ4n) is 2.86. The van der Waals surface area contributed by atoms with Gasteiger partial charge in [0.05, 0.1) is 13.7 Å². The average Bonchev–Trinajstić information content (AvgIpc) is 3.09. The SMILES string of the molecule is COc1ccc(-c2n[nH]c(CNS(=O)(=O)N3CCC[C@@H](C)C3)n2)cc1. The summed E-state index contributed by atoms with van der Waals surface area (Å²) in [5, 5.41) is 6.92. The summed E-state index contributed by atoms with van der Waals surface area (Å²) in [5.74, 6) is 2.13. The third-order valence-corrected chi connectivity index (χ3v) is 5.78. The third-order valence-electron chi connectivity index (χ3n) is 4.26. The van der Waals surface area contributed by atoms with Gasteiger partial charge in [-0.15, -0.1) is 0 Å². The van der Waals surface area contributed by atoms with E-state index in [1.165, 1.54) is 4.31 Å². The zero-order valence-corrected chi connectivity index (χ0v) is 15.2. The molecule has 8 nitrogen and oxygen atoms in total. The smallest absolute Gasteiger partial charge is 0.279 e. The average molecular weight is 365 g/mol. The lowest BCUT2D eigenvalue weighted by Crippen LogP contribution is -2.45. The van der Waals surface area contributed by atoms with Gasteiger partial charge in [0.25, 0.3) is 10.2 Å². The van der Waals surface area contributed by atoms with Gasteiger partial charge in [-0.25, -0.2) is 4.98 Å². The van der Waals surface area contributed by atoms with E-state index in [4.69, 9.17) is 4.74 Å². The molecule has 136 valence electrons. The highest BCUT2D eigenvalue weighted by atomic mass is 32.2. The number of hydrogen-bond acceptors (Lipinski definition) is 5. The van der Waals surface area contributed by atoms with Gasteiger partial charge in [-0.2, -0.15) is 22.5 Å². The molecule has 0 saturated carbocycles. The number of aromatic amines is 1. The molecule has 0 aliphatic carbocycles. The summed E-state index contributed by atoms with van der Waals surface area (Å²) >= 11 is 0. The largest absolute Gasteiger partial charge is 0.497 e. The molecule has 9 heteroatoms. The topological polar surface area (TPSA) is 100 Å². The summed E-state index contributed by atoms with van der Waals surface area (Å²) in [5.41, 5.74) is 0.830. The Balaban J connectivity index is 1.63. The lowest BCUT2D eigenvalue weighted by atomic mass is 10.0. The maximum absolute atomic E-state index is 12.4. The van der Waals surface area contributed by atoms with Crippen LogP contribution in [0.1, 0.15) is 25.6 Å². The zero-order chi connectivity index (χ0) is 17.9. The van der Waals surface area contributed by atoms with Crippen molar-refractivity contribution in [1.29, 1.82) is 0 Å². The summed E-state index contributed by atoms with van der Waals surface area (Å²) < 4.78 is 34.0. The Morgan fingerprint density at radius 1 is 1.36 bits per heavy atom. The second-order valence-electron chi connectivity index (χ2n) is 6.27. The van der Waals surface area contributed by atoms with E-state index in [1.807, 2.05) is 24.3 Å². The van der Waals surface area contributed by atoms with Gasteiger partial charge in [0, 0.05) is 18.7 Å². The van der Waals surface area contributed by atoms with Crippen molar-refractivity contribution in [3.8, 4) is 17.1 Å². The highest BCUT2D eigenvalue weighted by Gasteiger charge is 2.26. The summed E-state index contributed by atoms with van der Waals surface area (Å²) in [7, 11) is -1.89. The Bertz CT molecular complexity index is 803. The maximum atomic E-state index is 12.4. The van der Waals surface area contributed by atoms with Crippen molar-refractivity contribution in [3.63, 3.8) is 0 Å². The molecule has 1 aliphatic heterocycles. The molecule has 3 rings (SSSR count). The molecular weight excluding hydrogens is 342 g/mol. The molecule has 1 saturated heterocycles. The fraction of sp³-hybridized carbons (Fsp3) is 0.500. The first-order valence-corrected chi connectivity index (χ1v) is 9.72. The van der Waals surface area contributed by atoms with Crippen LogP contribution >= 0.6 is 0 Å². The molecule has 1 fully saturated rings. The zero-order valence-electron chi connectivity index (χ0n) is 14.4. The second-order valence-corrected chi connectivity index (χ2v) is 8.02. The summed E-state index contributed by atoms with van der Waals surface area (Å²) in [6, 6.07) is 7.35. The van der Waals surface area contributed by atoms with Crippen LogP contribution in [0.15, 0.2) is 24.3 Å². The number of nitrogens with one attached hydrogen (secondary N) is 2. The van der Waals surface area contributed by atoms with Crippen LogP contribution in [0, 0.1) is 5.92 Å².